The first-order valence-corrected chi connectivity index (χ1v) is 6.70. The van der Waals surface area contributed by atoms with Crippen LogP contribution < -0.4 is 10.1 Å². The van der Waals surface area contributed by atoms with Crippen molar-refractivity contribution in [3.8, 4) is 5.88 Å². The molecule has 5 nitrogen and oxygen atoms in total. The monoisotopic (exact) mass is 285 g/mol. The third-order valence-corrected chi connectivity index (χ3v) is 3.04. The topological polar surface area (TPSA) is 54.5 Å². The number of ether oxygens (including phenoxy) is 1. The average molecular weight is 286 g/mol. The van der Waals surface area contributed by atoms with E-state index in [1.165, 1.54) is 13.2 Å². The molecule has 0 saturated heterocycles. The lowest BCUT2D eigenvalue weighted by Gasteiger charge is -2.18. The van der Waals surface area contributed by atoms with Crippen molar-refractivity contribution in [2.75, 3.05) is 33.3 Å². The van der Waals surface area contributed by atoms with Crippen LogP contribution in [0.5, 0.6) is 5.88 Å². The molecule has 0 saturated carbocycles. The second kappa shape index (κ2) is 7.96. The minimum atomic E-state index is -0.172. The van der Waals surface area contributed by atoms with Gasteiger partial charge in [0.1, 0.15) is 5.15 Å². The van der Waals surface area contributed by atoms with Crippen molar-refractivity contribution >= 4 is 17.5 Å². The number of methoxy groups -OCH3 is 1. The van der Waals surface area contributed by atoms with Crippen LogP contribution in [0.2, 0.25) is 5.15 Å². The van der Waals surface area contributed by atoms with Crippen LogP contribution in [0.1, 0.15) is 24.2 Å². The van der Waals surface area contributed by atoms with Gasteiger partial charge in [-0.1, -0.05) is 25.4 Å². The standard InChI is InChI=1S/C13H20ClN3O2/c1-4-17(5-2)7-6-15-13(18)10-8-11(14)16-12(9-10)19-3/h8-9H,4-7H2,1-3H3,(H,15,18). The molecule has 0 atom stereocenters. The number of aromatic nitrogens is 1. The molecule has 0 aliphatic heterocycles. The van der Waals surface area contributed by atoms with Crippen molar-refractivity contribution in [3.05, 3.63) is 22.8 Å². The van der Waals surface area contributed by atoms with E-state index in [-0.39, 0.29) is 11.1 Å². The average Bonchev–Trinajstić information content (AvgIpc) is 2.42. The highest BCUT2D eigenvalue weighted by Gasteiger charge is 2.09. The smallest absolute Gasteiger partial charge is 0.251 e. The predicted octanol–water partition coefficient (Wildman–Crippen LogP) is 1.82. The molecule has 0 bridgehead atoms. The third-order valence-electron chi connectivity index (χ3n) is 2.85. The number of carbonyl (C=O) groups excluding carboxylic acids is 1. The fourth-order valence-electron chi connectivity index (χ4n) is 1.68. The molecule has 0 aliphatic carbocycles. The first-order valence-electron chi connectivity index (χ1n) is 6.32. The van der Waals surface area contributed by atoms with E-state index in [1.807, 2.05) is 0 Å². The minimum Gasteiger partial charge on any atom is -0.481 e. The van der Waals surface area contributed by atoms with Crippen LogP contribution in [0.15, 0.2) is 12.1 Å². The lowest BCUT2D eigenvalue weighted by atomic mass is 10.2. The van der Waals surface area contributed by atoms with Crippen molar-refractivity contribution in [3.63, 3.8) is 0 Å². The van der Waals surface area contributed by atoms with E-state index in [4.69, 9.17) is 16.3 Å². The Bertz CT molecular complexity index is 422. The molecule has 1 aromatic rings. The van der Waals surface area contributed by atoms with Crippen molar-refractivity contribution in [1.82, 2.24) is 15.2 Å². The Morgan fingerprint density at radius 2 is 2.11 bits per heavy atom. The number of nitrogens with one attached hydrogen (secondary N) is 1. The Morgan fingerprint density at radius 3 is 2.68 bits per heavy atom. The maximum absolute atomic E-state index is 12.0. The number of likely N-dealkylation sites (N-methyl/N-ethyl adjacent to an activating group) is 1. The number of rotatable bonds is 7. The van der Waals surface area contributed by atoms with E-state index in [1.54, 1.807) is 6.07 Å². The normalized spacial score (nSPS) is 10.6. The molecular weight excluding hydrogens is 266 g/mol. The molecular formula is C13H20ClN3O2. The highest BCUT2D eigenvalue weighted by atomic mass is 35.5. The fourth-order valence-corrected chi connectivity index (χ4v) is 1.88. The third kappa shape index (κ3) is 5.04. The van der Waals surface area contributed by atoms with E-state index >= 15 is 0 Å². The molecule has 0 spiro atoms. The summed E-state index contributed by atoms with van der Waals surface area (Å²) in [7, 11) is 1.49. The van der Waals surface area contributed by atoms with Gasteiger partial charge in [-0.25, -0.2) is 4.98 Å². The van der Waals surface area contributed by atoms with Gasteiger partial charge >= 0.3 is 0 Å². The second-order valence-electron chi connectivity index (χ2n) is 4.00. The maximum Gasteiger partial charge on any atom is 0.251 e. The van der Waals surface area contributed by atoms with E-state index < -0.39 is 0 Å². The SMILES string of the molecule is CCN(CC)CCNC(=O)c1cc(Cl)nc(OC)c1. The van der Waals surface area contributed by atoms with Gasteiger partial charge in [0, 0.05) is 24.7 Å². The Morgan fingerprint density at radius 1 is 1.42 bits per heavy atom. The van der Waals surface area contributed by atoms with Gasteiger partial charge in [-0.3, -0.25) is 4.79 Å². The molecule has 1 heterocycles. The molecule has 0 unspecified atom stereocenters. The number of pyridine rings is 1. The number of hydrogen-bond acceptors (Lipinski definition) is 4. The molecule has 0 aromatic carbocycles. The second-order valence-corrected chi connectivity index (χ2v) is 4.39. The zero-order chi connectivity index (χ0) is 14.3. The first-order chi connectivity index (χ1) is 9.10. The van der Waals surface area contributed by atoms with Gasteiger partial charge in [-0.05, 0) is 19.2 Å². The quantitative estimate of drug-likeness (QED) is 0.777. The van der Waals surface area contributed by atoms with Crippen LogP contribution in [0.25, 0.3) is 0 Å². The Hall–Kier alpha value is -1.33. The van der Waals surface area contributed by atoms with Crippen LogP contribution >= 0.6 is 11.6 Å². The van der Waals surface area contributed by atoms with E-state index in [0.29, 0.717) is 18.0 Å². The molecule has 1 amide bonds. The number of carbonyl (C=O) groups is 1. The number of amides is 1. The van der Waals surface area contributed by atoms with Gasteiger partial charge in [-0.15, -0.1) is 0 Å². The van der Waals surface area contributed by atoms with Gasteiger partial charge in [0.05, 0.1) is 7.11 Å². The largest absolute Gasteiger partial charge is 0.481 e. The molecule has 1 N–H and O–H groups in total. The van der Waals surface area contributed by atoms with Crippen molar-refractivity contribution in [2.45, 2.75) is 13.8 Å². The molecule has 0 aliphatic rings. The molecule has 106 valence electrons. The highest BCUT2D eigenvalue weighted by molar-refractivity contribution is 6.29. The number of hydrogen-bond donors (Lipinski definition) is 1. The van der Waals surface area contributed by atoms with Crippen molar-refractivity contribution in [2.24, 2.45) is 0 Å². The highest BCUT2D eigenvalue weighted by Crippen LogP contribution is 2.15. The number of nitrogens with zero attached hydrogens (tertiary/aromatic N) is 2. The lowest BCUT2D eigenvalue weighted by Crippen LogP contribution is -2.34. The minimum absolute atomic E-state index is 0.172. The lowest BCUT2D eigenvalue weighted by molar-refractivity contribution is 0.0948. The zero-order valence-electron chi connectivity index (χ0n) is 11.6. The Kier molecular flexibility index (Phi) is 6.59. The molecule has 0 fully saturated rings. The van der Waals surface area contributed by atoms with Crippen LogP contribution in [0.3, 0.4) is 0 Å². The van der Waals surface area contributed by atoms with E-state index in [9.17, 15) is 4.79 Å². The van der Waals surface area contributed by atoms with E-state index in [0.717, 1.165) is 19.6 Å². The molecule has 19 heavy (non-hydrogen) atoms. The van der Waals surface area contributed by atoms with Gasteiger partial charge in [0.2, 0.25) is 5.88 Å². The summed E-state index contributed by atoms with van der Waals surface area (Å²) in [5.74, 6) is 0.163. The van der Waals surface area contributed by atoms with Gasteiger partial charge in [0.25, 0.3) is 5.91 Å². The molecule has 6 heteroatoms. The molecule has 1 aromatic heterocycles. The first kappa shape index (κ1) is 15.7. The van der Waals surface area contributed by atoms with Crippen LogP contribution in [-0.2, 0) is 0 Å². The fraction of sp³-hybridized carbons (Fsp3) is 0.538. The van der Waals surface area contributed by atoms with Crippen molar-refractivity contribution in [1.29, 1.82) is 0 Å². The van der Waals surface area contributed by atoms with Crippen molar-refractivity contribution < 1.29 is 9.53 Å². The summed E-state index contributed by atoms with van der Waals surface area (Å²) in [6, 6.07) is 3.09. The summed E-state index contributed by atoms with van der Waals surface area (Å²) in [4.78, 5) is 18.1. The van der Waals surface area contributed by atoms with Gasteiger partial charge in [0.15, 0.2) is 0 Å². The summed E-state index contributed by atoms with van der Waals surface area (Å²) in [6.45, 7) is 7.57. The Labute approximate surface area is 118 Å². The predicted molar refractivity (Wildman–Crippen MR) is 75.9 cm³/mol. The summed E-state index contributed by atoms with van der Waals surface area (Å²) in [5, 5.41) is 3.10. The van der Waals surface area contributed by atoms with Crippen LogP contribution in [0.4, 0.5) is 0 Å². The maximum atomic E-state index is 12.0. The summed E-state index contributed by atoms with van der Waals surface area (Å²) < 4.78 is 4.98. The summed E-state index contributed by atoms with van der Waals surface area (Å²) >= 11 is 5.82. The van der Waals surface area contributed by atoms with Crippen LogP contribution in [-0.4, -0.2) is 49.1 Å². The number of halogens is 1. The molecule has 0 radical (unpaired) electrons. The summed E-state index contributed by atoms with van der Waals surface area (Å²) in [5.41, 5.74) is 0.455. The van der Waals surface area contributed by atoms with Gasteiger partial charge in [-0.2, -0.15) is 0 Å². The zero-order valence-corrected chi connectivity index (χ0v) is 12.3. The van der Waals surface area contributed by atoms with E-state index in [2.05, 4.69) is 29.0 Å². The summed E-state index contributed by atoms with van der Waals surface area (Å²) in [6.07, 6.45) is 0. The van der Waals surface area contributed by atoms with Gasteiger partial charge < -0.3 is 15.0 Å². The molecule has 1 rings (SSSR count). The Balaban J connectivity index is 2.56. The van der Waals surface area contributed by atoms with Crippen LogP contribution in [0, 0.1) is 0 Å².